The number of allylic oxidation sites excluding steroid dienone is 4. The minimum atomic E-state index is 1.07. The molecular weight excluding hydrogens is 192 g/mol. The summed E-state index contributed by atoms with van der Waals surface area (Å²) in [6, 6.07) is 8.76. The summed E-state index contributed by atoms with van der Waals surface area (Å²) in [7, 11) is 0. The summed E-state index contributed by atoms with van der Waals surface area (Å²) in [6.45, 7) is 9.62. The lowest BCUT2D eigenvalue weighted by Crippen LogP contribution is -1.87. The Morgan fingerprint density at radius 3 is 2.44 bits per heavy atom. The van der Waals surface area contributed by atoms with Crippen molar-refractivity contribution in [3.63, 3.8) is 0 Å². The van der Waals surface area contributed by atoms with E-state index in [1.54, 1.807) is 0 Å². The topological polar surface area (TPSA) is 0 Å². The van der Waals surface area contributed by atoms with Crippen molar-refractivity contribution in [1.82, 2.24) is 0 Å². The highest BCUT2D eigenvalue weighted by molar-refractivity contribution is 5.23. The van der Waals surface area contributed by atoms with Crippen molar-refractivity contribution >= 4 is 0 Å². The van der Waals surface area contributed by atoms with Gasteiger partial charge in [0.25, 0.3) is 0 Å². The van der Waals surface area contributed by atoms with Crippen molar-refractivity contribution in [2.75, 3.05) is 0 Å². The Bertz CT molecular complexity index is 366. The van der Waals surface area contributed by atoms with Crippen LogP contribution < -0.4 is 0 Å². The third-order valence-electron chi connectivity index (χ3n) is 2.65. The van der Waals surface area contributed by atoms with E-state index in [0.717, 1.165) is 19.3 Å². The highest BCUT2D eigenvalue weighted by Gasteiger charge is 1.95. The molecule has 16 heavy (non-hydrogen) atoms. The molecule has 0 saturated heterocycles. The van der Waals surface area contributed by atoms with Crippen molar-refractivity contribution in [3.8, 4) is 0 Å². The number of hydrogen-bond donors (Lipinski definition) is 0. The van der Waals surface area contributed by atoms with E-state index >= 15 is 0 Å². The van der Waals surface area contributed by atoms with Crippen LogP contribution in [0.2, 0.25) is 0 Å². The van der Waals surface area contributed by atoms with Gasteiger partial charge in [-0.05, 0) is 37.3 Å². The smallest absolute Gasteiger partial charge is 0.0276 e. The lowest BCUT2D eigenvalue weighted by atomic mass is 10.0. The van der Waals surface area contributed by atoms with Gasteiger partial charge in [0.2, 0.25) is 0 Å². The predicted molar refractivity (Wildman–Crippen MR) is 72.6 cm³/mol. The minimum absolute atomic E-state index is 1.07. The Labute approximate surface area is 99.0 Å². The third-order valence-corrected chi connectivity index (χ3v) is 2.65. The summed E-state index contributed by atoms with van der Waals surface area (Å²) in [5.41, 5.74) is 4.00. The summed E-state index contributed by atoms with van der Waals surface area (Å²) in [5, 5.41) is 0. The zero-order chi connectivity index (χ0) is 11.8. The number of rotatable bonds is 6. The monoisotopic (exact) mass is 212 g/mol. The third kappa shape index (κ3) is 4.31. The highest BCUT2D eigenvalue weighted by atomic mass is 14.0. The van der Waals surface area contributed by atoms with Crippen LogP contribution >= 0.6 is 0 Å². The number of aryl methyl sites for hydroxylation is 2. The molecule has 0 atom stereocenters. The maximum atomic E-state index is 3.80. The summed E-state index contributed by atoms with van der Waals surface area (Å²) >= 11 is 0. The van der Waals surface area contributed by atoms with Gasteiger partial charge >= 0.3 is 0 Å². The Balaban J connectivity index is 2.40. The molecule has 0 aliphatic rings. The van der Waals surface area contributed by atoms with Crippen molar-refractivity contribution < 1.29 is 0 Å². The fourth-order valence-electron chi connectivity index (χ4n) is 1.66. The number of hydrogen-bond acceptors (Lipinski definition) is 0. The molecule has 1 aromatic carbocycles. The van der Waals surface area contributed by atoms with E-state index in [1.165, 1.54) is 16.7 Å². The average Bonchev–Trinajstić information content (AvgIpc) is 2.30. The van der Waals surface area contributed by atoms with Gasteiger partial charge in [0.1, 0.15) is 0 Å². The average molecular weight is 212 g/mol. The molecule has 0 nitrogen and oxygen atoms in total. The molecule has 84 valence electrons. The lowest BCUT2D eigenvalue weighted by molar-refractivity contribution is 0.824. The molecule has 0 aliphatic carbocycles. The van der Waals surface area contributed by atoms with Crippen LogP contribution in [0.25, 0.3) is 0 Å². The van der Waals surface area contributed by atoms with Crippen LogP contribution in [-0.4, -0.2) is 0 Å². The van der Waals surface area contributed by atoms with E-state index in [0.29, 0.717) is 0 Å². The SMILES string of the molecule is C=C/C=C(\C=C)CCCc1ccc(C)cc1. The molecule has 1 rings (SSSR count). The fraction of sp³-hybridized carbons (Fsp3) is 0.250. The van der Waals surface area contributed by atoms with Crippen LogP contribution in [0.5, 0.6) is 0 Å². The van der Waals surface area contributed by atoms with Crippen molar-refractivity contribution in [1.29, 1.82) is 0 Å². The van der Waals surface area contributed by atoms with E-state index in [-0.39, 0.29) is 0 Å². The second kappa shape index (κ2) is 6.84. The zero-order valence-corrected chi connectivity index (χ0v) is 10.1. The van der Waals surface area contributed by atoms with Gasteiger partial charge in [-0.3, -0.25) is 0 Å². The molecule has 0 N–H and O–H groups in total. The molecule has 0 radical (unpaired) electrons. The van der Waals surface area contributed by atoms with Crippen molar-refractivity contribution in [2.24, 2.45) is 0 Å². The summed E-state index contributed by atoms with van der Waals surface area (Å²) in [6.07, 6.45) is 9.13. The van der Waals surface area contributed by atoms with E-state index in [2.05, 4.69) is 44.3 Å². The molecule has 0 unspecified atom stereocenters. The summed E-state index contributed by atoms with van der Waals surface area (Å²) < 4.78 is 0. The Kier molecular flexibility index (Phi) is 5.35. The standard InChI is InChI=1S/C16H20/c1-4-7-15(5-2)8-6-9-16-12-10-14(3)11-13-16/h4-5,7,10-13H,1-2,6,8-9H2,3H3/b15-7+. The molecule has 0 aromatic heterocycles. The maximum Gasteiger partial charge on any atom is -0.0276 e. The van der Waals surface area contributed by atoms with Gasteiger partial charge < -0.3 is 0 Å². The Morgan fingerprint density at radius 1 is 1.19 bits per heavy atom. The van der Waals surface area contributed by atoms with E-state index < -0.39 is 0 Å². The second-order valence-corrected chi connectivity index (χ2v) is 4.02. The lowest BCUT2D eigenvalue weighted by Gasteiger charge is -2.03. The first-order valence-corrected chi connectivity index (χ1v) is 5.76. The molecule has 0 saturated carbocycles. The molecule has 0 heteroatoms. The van der Waals surface area contributed by atoms with Gasteiger partial charge in [0, 0.05) is 0 Å². The van der Waals surface area contributed by atoms with E-state index in [1.807, 2.05) is 18.2 Å². The van der Waals surface area contributed by atoms with Gasteiger partial charge in [-0.15, -0.1) is 0 Å². The highest BCUT2D eigenvalue weighted by Crippen LogP contribution is 2.11. The van der Waals surface area contributed by atoms with Gasteiger partial charge in [-0.25, -0.2) is 0 Å². The molecule has 0 aliphatic heterocycles. The van der Waals surface area contributed by atoms with Crippen LogP contribution in [-0.2, 0) is 6.42 Å². The predicted octanol–water partition coefficient (Wildman–Crippen LogP) is 4.62. The molecule has 0 spiro atoms. The Morgan fingerprint density at radius 2 is 1.88 bits per heavy atom. The molecule has 0 bridgehead atoms. The number of benzene rings is 1. The molecular formula is C16H20. The van der Waals surface area contributed by atoms with E-state index in [4.69, 9.17) is 0 Å². The van der Waals surface area contributed by atoms with Crippen LogP contribution in [0, 0.1) is 6.92 Å². The second-order valence-electron chi connectivity index (χ2n) is 4.02. The van der Waals surface area contributed by atoms with Crippen LogP contribution in [0.15, 0.2) is 61.2 Å². The van der Waals surface area contributed by atoms with Crippen molar-refractivity contribution in [2.45, 2.75) is 26.2 Å². The molecule has 1 aromatic rings. The summed E-state index contributed by atoms with van der Waals surface area (Å²) in [5.74, 6) is 0. The van der Waals surface area contributed by atoms with Crippen LogP contribution in [0.3, 0.4) is 0 Å². The largest absolute Gasteiger partial charge is 0.0991 e. The zero-order valence-electron chi connectivity index (χ0n) is 10.1. The van der Waals surface area contributed by atoms with Crippen LogP contribution in [0.4, 0.5) is 0 Å². The normalized spacial score (nSPS) is 11.2. The first kappa shape index (κ1) is 12.5. The molecule has 0 heterocycles. The van der Waals surface area contributed by atoms with Crippen molar-refractivity contribution in [3.05, 3.63) is 72.4 Å². The minimum Gasteiger partial charge on any atom is -0.0991 e. The van der Waals surface area contributed by atoms with E-state index in [9.17, 15) is 0 Å². The van der Waals surface area contributed by atoms with Gasteiger partial charge in [-0.2, -0.15) is 0 Å². The maximum absolute atomic E-state index is 3.80. The van der Waals surface area contributed by atoms with Gasteiger partial charge in [-0.1, -0.05) is 61.2 Å². The first-order valence-electron chi connectivity index (χ1n) is 5.76. The van der Waals surface area contributed by atoms with Crippen LogP contribution in [0.1, 0.15) is 24.0 Å². The molecule has 0 fully saturated rings. The van der Waals surface area contributed by atoms with Gasteiger partial charge in [0.15, 0.2) is 0 Å². The quantitative estimate of drug-likeness (QED) is 0.604. The molecule has 0 amide bonds. The Hall–Kier alpha value is -1.56. The first-order chi connectivity index (χ1) is 7.76. The van der Waals surface area contributed by atoms with Gasteiger partial charge in [0.05, 0.1) is 0 Å². The summed E-state index contributed by atoms with van der Waals surface area (Å²) in [4.78, 5) is 0. The fourth-order valence-corrected chi connectivity index (χ4v) is 1.66.